The van der Waals surface area contributed by atoms with Crippen molar-refractivity contribution < 1.29 is 9.84 Å². The molecule has 2 aromatic rings. The van der Waals surface area contributed by atoms with Crippen LogP contribution in [0, 0.1) is 5.92 Å². The normalized spacial score (nSPS) is 19.2. The van der Waals surface area contributed by atoms with Crippen LogP contribution < -0.4 is 5.73 Å². The standard InChI is InChI=1S/C12H16N4O2/c13-12-14-10-3-1-2-9(16(10)15-12)11(17)8-4-6-18-7-5-8/h1-3,8,11,17H,4-7H2,(H2,13,15). The molecule has 0 spiro atoms. The van der Waals surface area contributed by atoms with E-state index >= 15 is 0 Å². The van der Waals surface area contributed by atoms with Gasteiger partial charge in [0.1, 0.15) is 0 Å². The van der Waals surface area contributed by atoms with Gasteiger partial charge in [0, 0.05) is 13.2 Å². The minimum atomic E-state index is -0.557. The number of fused-ring (bicyclic) bond motifs is 1. The van der Waals surface area contributed by atoms with Crippen molar-refractivity contribution in [2.75, 3.05) is 18.9 Å². The zero-order valence-corrected chi connectivity index (χ0v) is 9.99. The Bertz CT molecular complexity index is 548. The summed E-state index contributed by atoms with van der Waals surface area (Å²) in [4.78, 5) is 4.10. The Morgan fingerprint density at radius 3 is 2.94 bits per heavy atom. The van der Waals surface area contributed by atoms with Crippen LogP contribution in [0.4, 0.5) is 5.95 Å². The highest BCUT2D eigenvalue weighted by Gasteiger charge is 2.25. The van der Waals surface area contributed by atoms with Crippen molar-refractivity contribution in [2.24, 2.45) is 5.92 Å². The van der Waals surface area contributed by atoms with Gasteiger partial charge in [-0.15, -0.1) is 5.10 Å². The second-order valence-corrected chi connectivity index (χ2v) is 4.59. The summed E-state index contributed by atoms with van der Waals surface area (Å²) < 4.78 is 6.93. The Kier molecular flexibility index (Phi) is 2.89. The summed E-state index contributed by atoms with van der Waals surface area (Å²) in [6.07, 6.45) is 1.17. The van der Waals surface area contributed by atoms with E-state index in [1.165, 1.54) is 0 Å². The SMILES string of the molecule is Nc1nc2cccc(C(O)C3CCOCC3)n2n1. The van der Waals surface area contributed by atoms with Gasteiger partial charge in [0.15, 0.2) is 5.65 Å². The summed E-state index contributed by atoms with van der Waals surface area (Å²) in [6, 6.07) is 5.55. The third-order valence-electron chi connectivity index (χ3n) is 3.42. The van der Waals surface area contributed by atoms with Crippen LogP contribution >= 0.6 is 0 Å². The van der Waals surface area contributed by atoms with Crippen molar-refractivity contribution in [3.63, 3.8) is 0 Å². The number of aliphatic hydroxyl groups is 1. The average Bonchev–Trinajstić information content (AvgIpc) is 2.79. The Hall–Kier alpha value is -1.66. The molecule has 1 aliphatic rings. The minimum Gasteiger partial charge on any atom is -0.387 e. The molecule has 3 N–H and O–H groups in total. The number of ether oxygens (including phenoxy) is 1. The number of nitrogen functional groups attached to an aromatic ring is 1. The van der Waals surface area contributed by atoms with Crippen LogP contribution in [0.15, 0.2) is 18.2 Å². The molecule has 0 bridgehead atoms. The van der Waals surface area contributed by atoms with Gasteiger partial charge < -0.3 is 15.6 Å². The van der Waals surface area contributed by atoms with Crippen molar-refractivity contribution >= 4 is 11.6 Å². The fraction of sp³-hybridized carbons (Fsp3) is 0.500. The van der Waals surface area contributed by atoms with E-state index in [1.54, 1.807) is 4.52 Å². The topological polar surface area (TPSA) is 85.7 Å². The maximum Gasteiger partial charge on any atom is 0.240 e. The van der Waals surface area contributed by atoms with Crippen LogP contribution in [-0.4, -0.2) is 32.9 Å². The number of rotatable bonds is 2. The molecule has 0 amide bonds. The number of pyridine rings is 1. The summed E-state index contributed by atoms with van der Waals surface area (Å²) in [5, 5.41) is 14.6. The Balaban J connectivity index is 1.97. The van der Waals surface area contributed by atoms with E-state index in [-0.39, 0.29) is 11.9 Å². The third-order valence-corrected chi connectivity index (χ3v) is 3.42. The molecule has 0 aliphatic carbocycles. The first-order valence-electron chi connectivity index (χ1n) is 6.12. The number of aliphatic hydroxyl groups excluding tert-OH is 1. The number of aromatic nitrogens is 3. The average molecular weight is 248 g/mol. The van der Waals surface area contributed by atoms with Gasteiger partial charge in [0.05, 0.1) is 11.8 Å². The Labute approximate surface area is 104 Å². The molecule has 0 aromatic carbocycles. The highest BCUT2D eigenvalue weighted by atomic mass is 16.5. The maximum absolute atomic E-state index is 10.5. The number of anilines is 1. The van der Waals surface area contributed by atoms with E-state index in [9.17, 15) is 5.11 Å². The molecule has 6 nitrogen and oxygen atoms in total. The molecular weight excluding hydrogens is 232 g/mol. The van der Waals surface area contributed by atoms with Crippen LogP contribution in [0.1, 0.15) is 24.6 Å². The van der Waals surface area contributed by atoms with Gasteiger partial charge in [-0.2, -0.15) is 4.98 Å². The molecule has 18 heavy (non-hydrogen) atoms. The lowest BCUT2D eigenvalue weighted by Crippen LogP contribution is -2.23. The first-order valence-corrected chi connectivity index (χ1v) is 6.12. The van der Waals surface area contributed by atoms with Crippen molar-refractivity contribution in [2.45, 2.75) is 18.9 Å². The lowest BCUT2D eigenvalue weighted by atomic mass is 9.92. The van der Waals surface area contributed by atoms with Crippen LogP contribution in [0.2, 0.25) is 0 Å². The quantitative estimate of drug-likeness (QED) is 0.820. The highest BCUT2D eigenvalue weighted by Crippen LogP contribution is 2.29. The summed E-state index contributed by atoms with van der Waals surface area (Å²) in [6.45, 7) is 1.41. The Morgan fingerprint density at radius 1 is 1.39 bits per heavy atom. The van der Waals surface area contributed by atoms with Gasteiger partial charge >= 0.3 is 0 Å². The van der Waals surface area contributed by atoms with Gasteiger partial charge in [-0.1, -0.05) is 6.07 Å². The lowest BCUT2D eigenvalue weighted by molar-refractivity contribution is 0.00480. The summed E-state index contributed by atoms with van der Waals surface area (Å²) in [5.74, 6) is 0.427. The molecule has 2 aromatic heterocycles. The number of nitrogens with zero attached hydrogens (tertiary/aromatic N) is 3. The van der Waals surface area contributed by atoms with E-state index in [4.69, 9.17) is 10.5 Å². The molecule has 1 atom stereocenters. The molecule has 0 radical (unpaired) electrons. The zero-order valence-electron chi connectivity index (χ0n) is 9.99. The van der Waals surface area contributed by atoms with E-state index in [0.717, 1.165) is 18.5 Å². The van der Waals surface area contributed by atoms with E-state index in [1.807, 2.05) is 18.2 Å². The summed E-state index contributed by atoms with van der Waals surface area (Å²) >= 11 is 0. The van der Waals surface area contributed by atoms with Crippen molar-refractivity contribution in [3.8, 4) is 0 Å². The molecule has 96 valence electrons. The van der Waals surface area contributed by atoms with Crippen molar-refractivity contribution in [1.82, 2.24) is 14.6 Å². The number of hydrogen-bond donors (Lipinski definition) is 2. The van der Waals surface area contributed by atoms with E-state index < -0.39 is 6.10 Å². The van der Waals surface area contributed by atoms with Crippen LogP contribution in [0.5, 0.6) is 0 Å². The second kappa shape index (κ2) is 4.55. The second-order valence-electron chi connectivity index (χ2n) is 4.59. The first kappa shape index (κ1) is 11.4. The summed E-state index contributed by atoms with van der Waals surface area (Å²) in [5.41, 5.74) is 7.00. The molecule has 1 saturated heterocycles. The molecule has 1 fully saturated rings. The van der Waals surface area contributed by atoms with Gasteiger partial charge in [-0.3, -0.25) is 0 Å². The van der Waals surface area contributed by atoms with E-state index in [2.05, 4.69) is 10.1 Å². The van der Waals surface area contributed by atoms with Gasteiger partial charge in [0.25, 0.3) is 0 Å². The molecule has 3 heterocycles. The lowest BCUT2D eigenvalue weighted by Gasteiger charge is -2.26. The molecule has 0 saturated carbocycles. The monoisotopic (exact) mass is 248 g/mol. The molecule has 1 unspecified atom stereocenters. The minimum absolute atomic E-state index is 0.203. The zero-order chi connectivity index (χ0) is 12.5. The molecule has 3 rings (SSSR count). The smallest absolute Gasteiger partial charge is 0.240 e. The predicted octanol–water partition coefficient (Wildman–Crippen LogP) is 0.771. The van der Waals surface area contributed by atoms with Gasteiger partial charge in [0.2, 0.25) is 5.95 Å². The number of nitrogens with two attached hydrogens (primary N) is 1. The molecular formula is C12H16N4O2. The Morgan fingerprint density at radius 2 is 2.17 bits per heavy atom. The summed E-state index contributed by atoms with van der Waals surface area (Å²) in [7, 11) is 0. The van der Waals surface area contributed by atoms with Crippen molar-refractivity contribution in [1.29, 1.82) is 0 Å². The third kappa shape index (κ3) is 1.93. The van der Waals surface area contributed by atoms with Crippen LogP contribution in [0.3, 0.4) is 0 Å². The fourth-order valence-electron chi connectivity index (χ4n) is 2.44. The largest absolute Gasteiger partial charge is 0.387 e. The van der Waals surface area contributed by atoms with Crippen LogP contribution in [0.25, 0.3) is 5.65 Å². The van der Waals surface area contributed by atoms with Gasteiger partial charge in [-0.25, -0.2) is 4.52 Å². The molecule has 6 heteroatoms. The number of hydrogen-bond acceptors (Lipinski definition) is 5. The predicted molar refractivity (Wildman–Crippen MR) is 65.9 cm³/mol. The highest BCUT2D eigenvalue weighted by molar-refractivity contribution is 5.43. The fourth-order valence-corrected chi connectivity index (χ4v) is 2.44. The first-order chi connectivity index (χ1) is 8.75. The van der Waals surface area contributed by atoms with Gasteiger partial charge in [-0.05, 0) is 30.9 Å². The van der Waals surface area contributed by atoms with Crippen LogP contribution in [-0.2, 0) is 4.74 Å². The van der Waals surface area contributed by atoms with E-state index in [0.29, 0.717) is 18.9 Å². The molecule has 1 aliphatic heterocycles. The maximum atomic E-state index is 10.5. The van der Waals surface area contributed by atoms with Crippen molar-refractivity contribution in [3.05, 3.63) is 23.9 Å².